The van der Waals surface area contributed by atoms with Crippen molar-refractivity contribution in [2.75, 3.05) is 13.7 Å². The summed E-state index contributed by atoms with van der Waals surface area (Å²) in [4.78, 5) is 25.8. The Morgan fingerprint density at radius 1 is 1.33 bits per heavy atom. The van der Waals surface area contributed by atoms with E-state index in [1.807, 2.05) is 0 Å². The van der Waals surface area contributed by atoms with Crippen molar-refractivity contribution in [1.82, 2.24) is 4.90 Å². The second-order valence-electron chi connectivity index (χ2n) is 6.20. The molecule has 1 aliphatic rings. The number of phenols is 1. The van der Waals surface area contributed by atoms with Crippen molar-refractivity contribution in [3.8, 4) is 11.8 Å². The molecule has 0 aliphatic heterocycles. The molecule has 1 aromatic carbocycles. The smallest absolute Gasteiger partial charge is 0.342 e. The molecule has 2 rings (SSSR count). The van der Waals surface area contributed by atoms with Crippen molar-refractivity contribution in [1.29, 1.82) is 5.26 Å². The average Bonchev–Trinajstić information content (AvgIpc) is 2.61. The third-order valence-corrected chi connectivity index (χ3v) is 4.69. The third-order valence-electron chi connectivity index (χ3n) is 4.69. The van der Waals surface area contributed by atoms with Crippen LogP contribution < -0.4 is 0 Å². The first-order valence-corrected chi connectivity index (χ1v) is 8.05. The molecular weight excluding hydrogens is 308 g/mol. The minimum absolute atomic E-state index is 0.0260. The van der Waals surface area contributed by atoms with E-state index in [4.69, 9.17) is 4.74 Å². The highest BCUT2D eigenvalue weighted by Gasteiger charge is 2.39. The molecule has 0 radical (unpaired) electrons. The summed E-state index contributed by atoms with van der Waals surface area (Å²) in [5, 5.41) is 19.4. The van der Waals surface area contributed by atoms with Crippen LogP contribution in [0.25, 0.3) is 0 Å². The summed E-state index contributed by atoms with van der Waals surface area (Å²) in [6.45, 7) is 1.22. The summed E-state index contributed by atoms with van der Waals surface area (Å²) in [5.41, 5.74) is -0.232. The van der Waals surface area contributed by atoms with Crippen molar-refractivity contribution in [2.24, 2.45) is 0 Å². The van der Waals surface area contributed by atoms with Crippen LogP contribution in [-0.2, 0) is 9.53 Å². The van der Waals surface area contributed by atoms with E-state index in [1.54, 1.807) is 26.1 Å². The molecule has 1 aliphatic carbocycles. The number of para-hydroxylation sites is 1. The van der Waals surface area contributed by atoms with Crippen molar-refractivity contribution in [3.05, 3.63) is 29.3 Å². The molecule has 0 saturated heterocycles. The lowest BCUT2D eigenvalue weighted by Crippen LogP contribution is -2.51. The number of nitriles is 1. The first-order valence-electron chi connectivity index (χ1n) is 8.05. The summed E-state index contributed by atoms with van der Waals surface area (Å²) < 4.78 is 5.03. The number of esters is 1. The van der Waals surface area contributed by atoms with Gasteiger partial charge in [0.05, 0.1) is 6.07 Å². The Balaban J connectivity index is 2.01. The molecule has 1 saturated carbocycles. The zero-order valence-electron chi connectivity index (χ0n) is 14.0. The topological polar surface area (TPSA) is 90.6 Å². The highest BCUT2D eigenvalue weighted by molar-refractivity contribution is 5.94. The minimum Gasteiger partial charge on any atom is -0.507 e. The molecule has 0 aromatic heterocycles. The maximum Gasteiger partial charge on any atom is 0.342 e. The number of hydrogen-bond acceptors (Lipinski definition) is 5. The fourth-order valence-corrected chi connectivity index (χ4v) is 3.02. The summed E-state index contributed by atoms with van der Waals surface area (Å²) >= 11 is 0. The van der Waals surface area contributed by atoms with Crippen LogP contribution in [0.2, 0.25) is 0 Å². The summed E-state index contributed by atoms with van der Waals surface area (Å²) in [6, 6.07) is 7.00. The maximum atomic E-state index is 12.3. The van der Waals surface area contributed by atoms with Crippen LogP contribution >= 0.6 is 0 Å². The van der Waals surface area contributed by atoms with Gasteiger partial charge in [-0.2, -0.15) is 5.26 Å². The molecule has 6 heteroatoms. The van der Waals surface area contributed by atoms with Crippen LogP contribution in [0.5, 0.6) is 5.75 Å². The molecule has 1 aromatic rings. The Labute approximate surface area is 141 Å². The Bertz CT molecular complexity index is 672. The number of aromatic hydroxyl groups is 1. The fraction of sp³-hybridized carbons (Fsp3) is 0.500. The number of hydrogen-bond donors (Lipinski definition) is 1. The lowest BCUT2D eigenvalue weighted by Gasteiger charge is -2.38. The number of benzene rings is 1. The largest absolute Gasteiger partial charge is 0.507 e. The van der Waals surface area contributed by atoms with E-state index >= 15 is 0 Å². The Kier molecular flexibility index (Phi) is 5.45. The minimum atomic E-state index is -0.812. The zero-order valence-corrected chi connectivity index (χ0v) is 14.0. The molecule has 128 valence electrons. The van der Waals surface area contributed by atoms with Gasteiger partial charge in [0.2, 0.25) is 0 Å². The molecule has 0 unspecified atom stereocenters. The van der Waals surface area contributed by atoms with Gasteiger partial charge >= 0.3 is 5.97 Å². The first-order chi connectivity index (χ1) is 11.4. The number of rotatable bonds is 4. The molecule has 0 bridgehead atoms. The van der Waals surface area contributed by atoms with Crippen molar-refractivity contribution in [3.63, 3.8) is 0 Å². The Morgan fingerprint density at radius 2 is 2.00 bits per heavy atom. The number of carbonyl (C=O) groups excluding carboxylic acids is 2. The van der Waals surface area contributed by atoms with Gasteiger partial charge in [0.15, 0.2) is 6.61 Å². The number of likely N-dealkylation sites (N-methyl/N-ethyl adjacent to an activating group) is 1. The van der Waals surface area contributed by atoms with Crippen molar-refractivity contribution in [2.45, 2.75) is 44.6 Å². The molecule has 0 atom stereocenters. The Hall–Kier alpha value is -2.55. The monoisotopic (exact) mass is 330 g/mol. The number of nitrogens with zero attached hydrogens (tertiary/aromatic N) is 2. The quantitative estimate of drug-likeness (QED) is 0.857. The van der Waals surface area contributed by atoms with E-state index < -0.39 is 24.0 Å². The predicted molar refractivity (Wildman–Crippen MR) is 87.3 cm³/mol. The molecule has 1 amide bonds. The third kappa shape index (κ3) is 3.51. The number of ether oxygens (including phenoxy) is 1. The van der Waals surface area contributed by atoms with Gasteiger partial charge in [-0.25, -0.2) is 4.79 Å². The molecule has 24 heavy (non-hydrogen) atoms. The molecule has 1 fully saturated rings. The van der Waals surface area contributed by atoms with Crippen LogP contribution in [-0.4, -0.2) is 41.1 Å². The second-order valence-corrected chi connectivity index (χ2v) is 6.20. The molecular formula is C18H22N2O4. The van der Waals surface area contributed by atoms with E-state index in [0.717, 1.165) is 19.3 Å². The van der Waals surface area contributed by atoms with Crippen LogP contribution in [0.3, 0.4) is 0 Å². The van der Waals surface area contributed by atoms with Crippen LogP contribution in [0.4, 0.5) is 0 Å². The highest BCUT2D eigenvalue weighted by atomic mass is 16.5. The molecule has 1 N–H and O–H groups in total. The highest BCUT2D eigenvalue weighted by Crippen LogP contribution is 2.32. The van der Waals surface area contributed by atoms with Gasteiger partial charge in [-0.1, -0.05) is 31.4 Å². The van der Waals surface area contributed by atoms with E-state index in [1.165, 1.54) is 11.0 Å². The van der Waals surface area contributed by atoms with E-state index in [2.05, 4.69) is 6.07 Å². The van der Waals surface area contributed by atoms with E-state index in [-0.39, 0.29) is 11.3 Å². The van der Waals surface area contributed by atoms with Gasteiger partial charge in [0.1, 0.15) is 16.9 Å². The number of aryl methyl sites for hydroxylation is 1. The fourth-order valence-electron chi connectivity index (χ4n) is 3.02. The SMILES string of the molecule is Cc1cccc(C(=O)OCC(=O)N(C)C2(C#N)CCCCC2)c1O. The first kappa shape index (κ1) is 17.8. The van der Waals surface area contributed by atoms with Crippen LogP contribution in [0, 0.1) is 18.3 Å². The van der Waals surface area contributed by atoms with Gasteiger partial charge in [-0.15, -0.1) is 0 Å². The maximum absolute atomic E-state index is 12.3. The molecule has 0 spiro atoms. The summed E-state index contributed by atoms with van der Waals surface area (Å²) in [6.07, 6.45) is 4.15. The van der Waals surface area contributed by atoms with Gasteiger partial charge in [0, 0.05) is 7.05 Å². The van der Waals surface area contributed by atoms with E-state index in [0.29, 0.717) is 18.4 Å². The lowest BCUT2D eigenvalue weighted by atomic mass is 9.81. The number of carbonyl (C=O) groups is 2. The van der Waals surface area contributed by atoms with E-state index in [9.17, 15) is 20.0 Å². The molecule has 6 nitrogen and oxygen atoms in total. The number of amides is 1. The number of phenolic OH excluding ortho intramolecular Hbond substituents is 1. The zero-order chi connectivity index (χ0) is 17.7. The normalized spacial score (nSPS) is 16.0. The van der Waals surface area contributed by atoms with Gasteiger partial charge < -0.3 is 14.7 Å². The van der Waals surface area contributed by atoms with Crippen molar-refractivity contribution < 1.29 is 19.4 Å². The lowest BCUT2D eigenvalue weighted by molar-refractivity contribution is -0.138. The van der Waals surface area contributed by atoms with Gasteiger partial charge in [0.25, 0.3) is 5.91 Å². The summed E-state index contributed by atoms with van der Waals surface area (Å²) in [7, 11) is 1.58. The van der Waals surface area contributed by atoms with Gasteiger partial charge in [-0.3, -0.25) is 4.79 Å². The second kappa shape index (κ2) is 7.35. The van der Waals surface area contributed by atoms with Crippen molar-refractivity contribution >= 4 is 11.9 Å². The standard InChI is InChI=1S/C18H22N2O4/c1-13-7-6-8-14(16(13)22)17(23)24-11-15(21)20(2)18(12-19)9-4-3-5-10-18/h6-8,22H,3-5,9-11H2,1-2H3. The van der Waals surface area contributed by atoms with Crippen LogP contribution in [0.1, 0.15) is 48.0 Å². The Morgan fingerprint density at radius 3 is 2.62 bits per heavy atom. The summed E-state index contributed by atoms with van der Waals surface area (Å²) in [5.74, 6) is -1.32. The van der Waals surface area contributed by atoms with Gasteiger partial charge in [-0.05, 0) is 31.4 Å². The predicted octanol–water partition coefficient (Wildman–Crippen LogP) is 2.54. The molecule has 0 heterocycles. The average molecular weight is 330 g/mol. The van der Waals surface area contributed by atoms with Crippen LogP contribution in [0.15, 0.2) is 18.2 Å².